The SMILES string of the molecule is Cl.Cl.Cl.Cl.[H-].[H-].[H-].[Na+].[Na+].[Na+]. The number of hydrogen-bond acceptors (Lipinski definition) is 0. The molecule has 0 radical (unpaired) electrons. The van der Waals surface area contributed by atoms with E-state index in [1.807, 2.05) is 0 Å². The first-order valence-corrected chi connectivity index (χ1v) is 0. The zero-order valence-corrected chi connectivity index (χ0v) is 13.9. The average molecular weight is 218 g/mol. The van der Waals surface area contributed by atoms with Gasteiger partial charge in [0.05, 0.1) is 0 Å². The summed E-state index contributed by atoms with van der Waals surface area (Å²) in [7, 11) is 0. The second-order valence-electron chi connectivity index (χ2n) is 0. The maximum absolute atomic E-state index is 0. The second-order valence-corrected chi connectivity index (χ2v) is 0. The van der Waals surface area contributed by atoms with Crippen LogP contribution in [0.2, 0.25) is 0 Å². The van der Waals surface area contributed by atoms with Crippen LogP contribution in [0, 0.1) is 0 Å². The van der Waals surface area contributed by atoms with E-state index in [1.54, 1.807) is 0 Å². The van der Waals surface area contributed by atoms with Crippen molar-refractivity contribution in [3.63, 3.8) is 0 Å². The molecule has 0 rings (SSSR count). The van der Waals surface area contributed by atoms with E-state index >= 15 is 0 Å². The van der Waals surface area contributed by atoms with Gasteiger partial charge in [0.15, 0.2) is 0 Å². The number of rotatable bonds is 0. The Hall–Kier alpha value is 4.16. The first-order valence-electron chi connectivity index (χ1n) is 0. The van der Waals surface area contributed by atoms with Crippen LogP contribution in [0.5, 0.6) is 0 Å². The van der Waals surface area contributed by atoms with Gasteiger partial charge in [-0.2, -0.15) is 0 Å². The molecule has 0 saturated carbocycles. The summed E-state index contributed by atoms with van der Waals surface area (Å²) in [6, 6.07) is 0. The molecular weight excluding hydrogens is 211 g/mol. The molecule has 0 atom stereocenters. The Morgan fingerprint density at radius 2 is 0.429 bits per heavy atom. The van der Waals surface area contributed by atoms with Crippen molar-refractivity contribution in [1.82, 2.24) is 0 Å². The smallest absolute Gasteiger partial charge is 1.00 e. The minimum absolute atomic E-state index is 0. The maximum atomic E-state index is 0. The van der Waals surface area contributed by atoms with E-state index in [9.17, 15) is 0 Å². The zero-order chi connectivity index (χ0) is 0. The van der Waals surface area contributed by atoms with Crippen LogP contribution >= 0.6 is 49.6 Å². The van der Waals surface area contributed by atoms with Crippen LogP contribution in [-0.4, -0.2) is 0 Å². The van der Waals surface area contributed by atoms with E-state index in [1.165, 1.54) is 0 Å². The molecule has 0 aliphatic carbocycles. The van der Waals surface area contributed by atoms with Crippen molar-refractivity contribution in [2.45, 2.75) is 0 Å². The van der Waals surface area contributed by atoms with Crippen molar-refractivity contribution in [1.29, 1.82) is 0 Å². The molecule has 7 heteroatoms. The summed E-state index contributed by atoms with van der Waals surface area (Å²) >= 11 is 0. The summed E-state index contributed by atoms with van der Waals surface area (Å²) in [5.41, 5.74) is 0. The quantitative estimate of drug-likeness (QED) is 0.354. The first-order chi connectivity index (χ1) is 0. The van der Waals surface area contributed by atoms with Crippen LogP contribution in [-0.2, 0) is 0 Å². The molecule has 0 aliphatic rings. The van der Waals surface area contributed by atoms with Crippen LogP contribution in [0.15, 0.2) is 0 Å². The van der Waals surface area contributed by atoms with Crippen molar-refractivity contribution >= 4 is 49.6 Å². The van der Waals surface area contributed by atoms with E-state index in [-0.39, 0.29) is 143 Å². The minimum Gasteiger partial charge on any atom is -1.00 e. The van der Waals surface area contributed by atoms with Crippen LogP contribution < -0.4 is 88.7 Å². The van der Waals surface area contributed by atoms with Crippen LogP contribution in [0.4, 0.5) is 0 Å². The fourth-order valence-electron chi connectivity index (χ4n) is 0. The molecule has 7 heavy (non-hydrogen) atoms. The topological polar surface area (TPSA) is 0 Å². The molecule has 0 saturated heterocycles. The molecular formula is H7Cl4Na3. The summed E-state index contributed by atoms with van der Waals surface area (Å²) in [4.78, 5) is 0. The van der Waals surface area contributed by atoms with Gasteiger partial charge in [-0.1, -0.05) is 0 Å². The van der Waals surface area contributed by atoms with Crippen molar-refractivity contribution in [2.75, 3.05) is 0 Å². The molecule has 0 aliphatic heterocycles. The number of hydrogen-bond donors (Lipinski definition) is 0. The molecule has 0 bridgehead atoms. The second kappa shape index (κ2) is 49.3. The Labute approximate surface area is 140 Å². The monoisotopic (exact) mass is 216 g/mol. The largest absolute Gasteiger partial charge is 1.00 e. The molecule has 38 valence electrons. The molecule has 0 amide bonds. The molecule has 0 unspecified atom stereocenters. The van der Waals surface area contributed by atoms with Crippen molar-refractivity contribution in [2.24, 2.45) is 0 Å². The predicted octanol–water partition coefficient (Wildman–Crippen LogP) is -6.96. The first kappa shape index (κ1) is 66.6. The molecule has 0 aromatic carbocycles. The van der Waals surface area contributed by atoms with Gasteiger partial charge in [0.1, 0.15) is 0 Å². The third-order valence-electron chi connectivity index (χ3n) is 0. The Kier molecular flexibility index (Phi) is 468. The summed E-state index contributed by atoms with van der Waals surface area (Å²) in [5, 5.41) is 0. The normalized spacial score (nSPS) is 0. The van der Waals surface area contributed by atoms with E-state index in [2.05, 4.69) is 0 Å². The van der Waals surface area contributed by atoms with Crippen LogP contribution in [0.1, 0.15) is 4.28 Å². The molecule has 0 fully saturated rings. The molecule has 0 aromatic rings. The van der Waals surface area contributed by atoms with E-state index < -0.39 is 0 Å². The summed E-state index contributed by atoms with van der Waals surface area (Å²) in [6.07, 6.45) is 0. The minimum atomic E-state index is 0. The van der Waals surface area contributed by atoms with Crippen molar-refractivity contribution < 1.29 is 93.0 Å². The average Bonchev–Trinajstić information content (AvgIpc) is 0. The van der Waals surface area contributed by atoms with Gasteiger partial charge in [-0.05, 0) is 0 Å². The summed E-state index contributed by atoms with van der Waals surface area (Å²) in [6.45, 7) is 0. The Morgan fingerprint density at radius 3 is 0.429 bits per heavy atom. The van der Waals surface area contributed by atoms with Crippen molar-refractivity contribution in [3.8, 4) is 0 Å². The Balaban J connectivity index is 0. The molecule has 0 nitrogen and oxygen atoms in total. The van der Waals surface area contributed by atoms with Gasteiger partial charge >= 0.3 is 88.7 Å². The third kappa shape index (κ3) is 39.1. The summed E-state index contributed by atoms with van der Waals surface area (Å²) in [5.74, 6) is 0. The number of halogens is 4. The van der Waals surface area contributed by atoms with Gasteiger partial charge in [-0.25, -0.2) is 0 Å². The maximum Gasteiger partial charge on any atom is 1.00 e. The van der Waals surface area contributed by atoms with Gasteiger partial charge < -0.3 is 4.28 Å². The fourth-order valence-corrected chi connectivity index (χ4v) is 0. The third-order valence-corrected chi connectivity index (χ3v) is 0. The zero-order valence-electron chi connectivity index (χ0n) is 7.63. The van der Waals surface area contributed by atoms with E-state index in [0.29, 0.717) is 0 Å². The predicted molar refractivity (Wildman–Crippen MR) is 32.3 cm³/mol. The van der Waals surface area contributed by atoms with Gasteiger partial charge in [-0.3, -0.25) is 0 Å². The van der Waals surface area contributed by atoms with Crippen molar-refractivity contribution in [3.05, 3.63) is 0 Å². The molecule has 0 spiro atoms. The molecule has 0 heterocycles. The van der Waals surface area contributed by atoms with Crippen LogP contribution in [0.25, 0.3) is 0 Å². The van der Waals surface area contributed by atoms with Crippen LogP contribution in [0.3, 0.4) is 0 Å². The molecule has 0 N–H and O–H groups in total. The Bertz CT molecular complexity index is 15.7. The summed E-state index contributed by atoms with van der Waals surface area (Å²) < 4.78 is 0. The van der Waals surface area contributed by atoms with Gasteiger partial charge in [0.25, 0.3) is 0 Å². The van der Waals surface area contributed by atoms with Gasteiger partial charge in [0.2, 0.25) is 0 Å². The molecule has 0 aromatic heterocycles. The van der Waals surface area contributed by atoms with Gasteiger partial charge in [0, 0.05) is 0 Å². The van der Waals surface area contributed by atoms with Gasteiger partial charge in [-0.15, -0.1) is 49.6 Å². The standard InChI is InChI=1S/4ClH.3Na.3H/h4*1H;;;;;;/q;;;;3*+1;3*-1. The fraction of sp³-hybridized carbons (Fsp3) is 0. The van der Waals surface area contributed by atoms with E-state index in [4.69, 9.17) is 0 Å². The Morgan fingerprint density at radius 1 is 0.429 bits per heavy atom. The van der Waals surface area contributed by atoms with E-state index in [0.717, 1.165) is 0 Å².